The van der Waals surface area contributed by atoms with Crippen molar-refractivity contribution in [1.29, 1.82) is 0 Å². The quantitative estimate of drug-likeness (QED) is 0.787. The Morgan fingerprint density at radius 2 is 2.00 bits per heavy atom. The molecular weight excluding hydrogens is 346 g/mol. The number of halogens is 2. The zero-order valence-corrected chi connectivity index (χ0v) is 13.6. The van der Waals surface area contributed by atoms with E-state index < -0.39 is 15.6 Å². The van der Waals surface area contributed by atoms with Crippen LogP contribution < -0.4 is 4.72 Å². The Hall–Kier alpha value is 0.380. The van der Waals surface area contributed by atoms with Crippen LogP contribution >= 0.6 is 38.9 Å². The molecule has 0 fully saturated rings. The van der Waals surface area contributed by atoms with Gasteiger partial charge in [-0.15, -0.1) is 11.3 Å². The minimum Gasteiger partial charge on any atom is -0.206 e. The number of hydrogen-bond acceptors (Lipinski definition) is 3. The summed E-state index contributed by atoms with van der Waals surface area (Å²) in [6, 6.07) is 3.12. The first-order valence-corrected chi connectivity index (χ1v) is 9.04. The summed E-state index contributed by atoms with van der Waals surface area (Å²) in [6.45, 7) is 3.93. The van der Waals surface area contributed by atoms with E-state index in [-0.39, 0.29) is 4.21 Å². The van der Waals surface area contributed by atoms with Gasteiger partial charge in [-0.05, 0) is 25.0 Å². The highest BCUT2D eigenvalue weighted by atomic mass is 79.9. The van der Waals surface area contributed by atoms with Crippen molar-refractivity contribution in [2.45, 2.75) is 36.4 Å². The molecule has 98 valence electrons. The number of rotatable bonds is 6. The highest BCUT2D eigenvalue weighted by Gasteiger charge is 2.31. The molecule has 1 rings (SSSR count). The van der Waals surface area contributed by atoms with Crippen LogP contribution in [0.1, 0.15) is 26.7 Å². The maximum Gasteiger partial charge on any atom is 0.250 e. The van der Waals surface area contributed by atoms with E-state index in [1.54, 1.807) is 6.07 Å². The van der Waals surface area contributed by atoms with Crippen molar-refractivity contribution in [3.8, 4) is 0 Å². The second kappa shape index (κ2) is 6.02. The van der Waals surface area contributed by atoms with Crippen molar-refractivity contribution >= 4 is 48.9 Å². The van der Waals surface area contributed by atoms with Crippen LogP contribution in [0.4, 0.5) is 0 Å². The summed E-state index contributed by atoms with van der Waals surface area (Å²) in [5, 5.41) is 0.589. The predicted molar refractivity (Wildman–Crippen MR) is 76.8 cm³/mol. The highest BCUT2D eigenvalue weighted by molar-refractivity contribution is 9.09. The number of nitrogens with one attached hydrogen (secondary N) is 1. The number of sulfonamides is 1. The number of thiophene rings is 1. The van der Waals surface area contributed by atoms with Gasteiger partial charge < -0.3 is 0 Å². The molecule has 0 saturated carbocycles. The molecule has 1 aromatic heterocycles. The van der Waals surface area contributed by atoms with Crippen LogP contribution in [0, 0.1) is 0 Å². The normalized spacial score (nSPS) is 12.9. The van der Waals surface area contributed by atoms with Crippen molar-refractivity contribution in [2.75, 3.05) is 5.33 Å². The predicted octanol–water partition coefficient (Wildman–Crippen LogP) is 3.63. The van der Waals surface area contributed by atoms with Crippen LogP contribution in [0.25, 0.3) is 0 Å². The fourth-order valence-electron chi connectivity index (χ4n) is 1.39. The molecule has 0 amide bonds. The molecule has 3 nitrogen and oxygen atoms in total. The van der Waals surface area contributed by atoms with Crippen molar-refractivity contribution in [3.63, 3.8) is 0 Å². The standard InChI is InChI=1S/C10H15BrClNO2S2/c1-3-10(4-2,7-11)13-17(14,15)9-6-5-8(12)16-9/h5-6,13H,3-4,7H2,1-2H3. The molecule has 7 heteroatoms. The average Bonchev–Trinajstić information content (AvgIpc) is 2.74. The van der Waals surface area contributed by atoms with Gasteiger partial charge in [-0.3, -0.25) is 0 Å². The summed E-state index contributed by atoms with van der Waals surface area (Å²) in [5.41, 5.74) is -0.435. The third-order valence-corrected chi connectivity index (χ3v) is 7.15. The molecule has 0 bridgehead atoms. The van der Waals surface area contributed by atoms with E-state index in [2.05, 4.69) is 20.7 Å². The van der Waals surface area contributed by atoms with Gasteiger partial charge in [-0.2, -0.15) is 0 Å². The van der Waals surface area contributed by atoms with Crippen LogP contribution in [0.5, 0.6) is 0 Å². The van der Waals surface area contributed by atoms with Crippen LogP contribution in [-0.2, 0) is 10.0 Å². The van der Waals surface area contributed by atoms with Crippen LogP contribution in [0.3, 0.4) is 0 Å². The Labute approximate surface area is 120 Å². The molecule has 17 heavy (non-hydrogen) atoms. The summed E-state index contributed by atoms with van der Waals surface area (Å²) in [6.07, 6.45) is 1.46. The Morgan fingerprint density at radius 1 is 1.41 bits per heavy atom. The van der Waals surface area contributed by atoms with Gasteiger partial charge >= 0.3 is 0 Å². The van der Waals surface area contributed by atoms with E-state index in [9.17, 15) is 8.42 Å². The van der Waals surface area contributed by atoms with Gasteiger partial charge in [0.15, 0.2) is 0 Å². The van der Waals surface area contributed by atoms with Gasteiger partial charge in [0.05, 0.1) is 4.34 Å². The molecule has 0 saturated heterocycles. The van der Waals surface area contributed by atoms with Crippen LogP contribution in [-0.4, -0.2) is 19.3 Å². The zero-order chi connectivity index (χ0) is 13.1. The van der Waals surface area contributed by atoms with Gasteiger partial charge in [0.1, 0.15) is 4.21 Å². The summed E-state index contributed by atoms with van der Waals surface area (Å²) >= 11 is 10.2. The summed E-state index contributed by atoms with van der Waals surface area (Å²) < 4.78 is 27.8. The molecule has 0 aliphatic carbocycles. The maximum absolute atomic E-state index is 12.2. The average molecular weight is 361 g/mol. The molecule has 0 spiro atoms. The lowest BCUT2D eigenvalue weighted by Crippen LogP contribution is -2.48. The Bertz CT molecular complexity index is 460. The molecule has 0 unspecified atom stereocenters. The fraction of sp³-hybridized carbons (Fsp3) is 0.600. The van der Waals surface area contributed by atoms with Gasteiger partial charge in [-0.1, -0.05) is 41.4 Å². The second-order valence-electron chi connectivity index (χ2n) is 3.79. The Morgan fingerprint density at radius 3 is 2.35 bits per heavy atom. The Kier molecular flexibility index (Phi) is 5.46. The molecule has 0 atom stereocenters. The van der Waals surface area contributed by atoms with E-state index in [4.69, 9.17) is 11.6 Å². The first-order chi connectivity index (χ1) is 7.89. The van der Waals surface area contributed by atoms with Gasteiger partial charge in [0.25, 0.3) is 10.0 Å². The second-order valence-corrected chi connectivity index (χ2v) is 7.97. The molecule has 0 aliphatic rings. The minimum absolute atomic E-state index is 0.259. The molecule has 0 aromatic carbocycles. The Balaban J connectivity index is 3.00. The van der Waals surface area contributed by atoms with E-state index >= 15 is 0 Å². The lowest BCUT2D eigenvalue weighted by molar-refractivity contribution is 0.399. The van der Waals surface area contributed by atoms with Crippen molar-refractivity contribution in [1.82, 2.24) is 4.72 Å². The first kappa shape index (κ1) is 15.4. The molecule has 1 N–H and O–H groups in total. The fourth-order valence-corrected chi connectivity index (χ4v) is 5.53. The van der Waals surface area contributed by atoms with E-state index in [0.717, 1.165) is 24.2 Å². The van der Waals surface area contributed by atoms with Crippen molar-refractivity contribution in [3.05, 3.63) is 16.5 Å². The van der Waals surface area contributed by atoms with Gasteiger partial charge in [-0.25, -0.2) is 13.1 Å². The molecular formula is C10H15BrClNO2S2. The van der Waals surface area contributed by atoms with E-state index in [1.165, 1.54) is 6.07 Å². The van der Waals surface area contributed by atoms with Crippen molar-refractivity contribution < 1.29 is 8.42 Å². The van der Waals surface area contributed by atoms with E-state index in [1.807, 2.05) is 13.8 Å². The third kappa shape index (κ3) is 3.67. The van der Waals surface area contributed by atoms with E-state index in [0.29, 0.717) is 9.67 Å². The molecule has 0 radical (unpaired) electrons. The lowest BCUT2D eigenvalue weighted by Gasteiger charge is -2.30. The first-order valence-electron chi connectivity index (χ1n) is 5.24. The summed E-state index contributed by atoms with van der Waals surface area (Å²) in [5.74, 6) is 0. The molecule has 1 aromatic rings. The summed E-state index contributed by atoms with van der Waals surface area (Å²) in [4.78, 5) is 0. The lowest BCUT2D eigenvalue weighted by atomic mass is 9.97. The molecule has 0 aliphatic heterocycles. The topological polar surface area (TPSA) is 46.2 Å². The maximum atomic E-state index is 12.2. The van der Waals surface area contributed by atoms with Crippen LogP contribution in [0.15, 0.2) is 16.3 Å². The smallest absolute Gasteiger partial charge is 0.206 e. The van der Waals surface area contributed by atoms with Crippen molar-refractivity contribution in [2.24, 2.45) is 0 Å². The minimum atomic E-state index is -3.48. The SMILES string of the molecule is CCC(CC)(CBr)NS(=O)(=O)c1ccc(Cl)s1. The number of alkyl halides is 1. The summed E-state index contributed by atoms with van der Waals surface area (Å²) in [7, 11) is -3.48. The highest BCUT2D eigenvalue weighted by Crippen LogP contribution is 2.28. The monoisotopic (exact) mass is 359 g/mol. The van der Waals surface area contributed by atoms with Crippen LogP contribution in [0.2, 0.25) is 4.34 Å². The van der Waals surface area contributed by atoms with Gasteiger partial charge in [0.2, 0.25) is 0 Å². The number of hydrogen-bond donors (Lipinski definition) is 1. The largest absolute Gasteiger partial charge is 0.250 e. The third-order valence-electron chi connectivity index (χ3n) is 2.77. The molecule has 1 heterocycles. The zero-order valence-electron chi connectivity index (χ0n) is 9.66. The van der Waals surface area contributed by atoms with Gasteiger partial charge in [0, 0.05) is 10.9 Å².